The topological polar surface area (TPSA) is 29.5 Å². The van der Waals surface area contributed by atoms with Crippen LogP contribution < -0.4 is 4.74 Å². The standard InChI is InChI=1S/C14H22O2/c1-10(2)8-14(15)12-6-5-7-13(9-12)16-11(3)4/h5-7,9-11,14-15H,8H2,1-4H3. The van der Waals surface area contributed by atoms with Crippen molar-refractivity contribution in [1.29, 1.82) is 0 Å². The van der Waals surface area contributed by atoms with Crippen LogP contribution >= 0.6 is 0 Å². The van der Waals surface area contributed by atoms with Crippen molar-refractivity contribution in [1.82, 2.24) is 0 Å². The molecule has 2 nitrogen and oxygen atoms in total. The van der Waals surface area contributed by atoms with Gasteiger partial charge in [-0.15, -0.1) is 0 Å². The zero-order valence-corrected chi connectivity index (χ0v) is 10.6. The molecule has 0 heterocycles. The first-order valence-corrected chi connectivity index (χ1v) is 5.93. The molecule has 0 radical (unpaired) electrons. The summed E-state index contributed by atoms with van der Waals surface area (Å²) in [6.07, 6.45) is 0.554. The van der Waals surface area contributed by atoms with Gasteiger partial charge in [-0.25, -0.2) is 0 Å². The lowest BCUT2D eigenvalue weighted by Crippen LogP contribution is -2.07. The molecule has 0 amide bonds. The molecule has 0 aliphatic heterocycles. The first kappa shape index (κ1) is 13.0. The molecule has 1 N–H and O–H groups in total. The minimum Gasteiger partial charge on any atom is -0.491 e. The van der Waals surface area contributed by atoms with E-state index in [1.165, 1.54) is 0 Å². The Kier molecular flexibility index (Phi) is 4.81. The Hall–Kier alpha value is -1.02. The van der Waals surface area contributed by atoms with Crippen LogP contribution in [0, 0.1) is 5.92 Å². The number of hydrogen-bond donors (Lipinski definition) is 1. The van der Waals surface area contributed by atoms with E-state index in [9.17, 15) is 5.11 Å². The Morgan fingerprint density at radius 2 is 1.88 bits per heavy atom. The van der Waals surface area contributed by atoms with Crippen molar-refractivity contribution >= 4 is 0 Å². The quantitative estimate of drug-likeness (QED) is 0.825. The number of aliphatic hydroxyl groups excluding tert-OH is 1. The van der Waals surface area contributed by atoms with Gasteiger partial charge in [0.1, 0.15) is 5.75 Å². The van der Waals surface area contributed by atoms with Crippen LogP contribution in [0.1, 0.15) is 45.8 Å². The first-order valence-electron chi connectivity index (χ1n) is 5.93. The predicted molar refractivity (Wildman–Crippen MR) is 66.6 cm³/mol. The number of aliphatic hydroxyl groups is 1. The summed E-state index contributed by atoms with van der Waals surface area (Å²) in [5.41, 5.74) is 0.937. The molecule has 1 aromatic carbocycles. The van der Waals surface area contributed by atoms with Crippen molar-refractivity contribution in [2.45, 2.75) is 46.3 Å². The first-order chi connectivity index (χ1) is 7.49. The molecule has 0 aliphatic carbocycles. The van der Waals surface area contributed by atoms with Gasteiger partial charge in [-0.05, 0) is 43.9 Å². The average molecular weight is 222 g/mol. The maximum Gasteiger partial charge on any atom is 0.120 e. The third kappa shape index (κ3) is 4.23. The maximum absolute atomic E-state index is 9.99. The van der Waals surface area contributed by atoms with Crippen molar-refractivity contribution in [3.63, 3.8) is 0 Å². The lowest BCUT2D eigenvalue weighted by atomic mass is 9.99. The molecule has 2 heteroatoms. The highest BCUT2D eigenvalue weighted by Crippen LogP contribution is 2.24. The molecule has 0 spiro atoms. The lowest BCUT2D eigenvalue weighted by Gasteiger charge is -2.15. The highest BCUT2D eigenvalue weighted by Gasteiger charge is 2.10. The number of ether oxygens (including phenoxy) is 1. The van der Waals surface area contributed by atoms with E-state index in [1.807, 2.05) is 38.1 Å². The van der Waals surface area contributed by atoms with E-state index in [4.69, 9.17) is 4.74 Å². The molecule has 0 saturated carbocycles. The van der Waals surface area contributed by atoms with Crippen LogP contribution in [0.3, 0.4) is 0 Å². The van der Waals surface area contributed by atoms with Crippen LogP contribution in [0.15, 0.2) is 24.3 Å². The van der Waals surface area contributed by atoms with Gasteiger partial charge >= 0.3 is 0 Å². The second-order valence-electron chi connectivity index (χ2n) is 4.88. The second kappa shape index (κ2) is 5.90. The fourth-order valence-electron chi connectivity index (χ4n) is 1.65. The fraction of sp³-hybridized carbons (Fsp3) is 0.571. The van der Waals surface area contributed by atoms with Gasteiger partial charge in [-0.3, -0.25) is 0 Å². The molecular formula is C14H22O2. The van der Waals surface area contributed by atoms with Crippen LogP contribution in [0.4, 0.5) is 0 Å². The van der Waals surface area contributed by atoms with Crippen molar-refractivity contribution in [2.75, 3.05) is 0 Å². The summed E-state index contributed by atoms with van der Waals surface area (Å²) in [5, 5.41) is 9.99. The maximum atomic E-state index is 9.99. The summed E-state index contributed by atoms with van der Waals surface area (Å²) in [5.74, 6) is 1.32. The molecule has 0 fully saturated rings. The van der Waals surface area contributed by atoms with E-state index < -0.39 is 6.10 Å². The fourth-order valence-corrected chi connectivity index (χ4v) is 1.65. The molecular weight excluding hydrogens is 200 g/mol. The molecule has 16 heavy (non-hydrogen) atoms. The molecule has 1 rings (SSSR count). The molecule has 0 aliphatic rings. The van der Waals surface area contributed by atoms with Gasteiger partial charge in [0.25, 0.3) is 0 Å². The van der Waals surface area contributed by atoms with Crippen molar-refractivity contribution in [2.24, 2.45) is 5.92 Å². The van der Waals surface area contributed by atoms with Crippen LogP contribution in [0.5, 0.6) is 5.75 Å². The molecule has 90 valence electrons. The van der Waals surface area contributed by atoms with Crippen molar-refractivity contribution in [3.05, 3.63) is 29.8 Å². The van der Waals surface area contributed by atoms with E-state index in [0.29, 0.717) is 5.92 Å². The summed E-state index contributed by atoms with van der Waals surface area (Å²) in [7, 11) is 0. The predicted octanol–water partition coefficient (Wildman–Crippen LogP) is 3.55. The zero-order chi connectivity index (χ0) is 12.1. The molecule has 1 unspecified atom stereocenters. The van der Waals surface area contributed by atoms with Gasteiger partial charge in [0.05, 0.1) is 12.2 Å². The molecule has 0 bridgehead atoms. The largest absolute Gasteiger partial charge is 0.491 e. The van der Waals surface area contributed by atoms with Crippen molar-refractivity contribution in [3.8, 4) is 5.75 Å². The number of hydrogen-bond acceptors (Lipinski definition) is 2. The Bertz CT molecular complexity index is 318. The van der Waals surface area contributed by atoms with E-state index in [2.05, 4.69) is 13.8 Å². The van der Waals surface area contributed by atoms with Gasteiger partial charge in [0, 0.05) is 0 Å². The van der Waals surface area contributed by atoms with Crippen LogP contribution in [0.2, 0.25) is 0 Å². The molecule has 0 saturated heterocycles. The summed E-state index contributed by atoms with van der Waals surface area (Å²) in [6, 6.07) is 7.72. The van der Waals surface area contributed by atoms with E-state index in [1.54, 1.807) is 0 Å². The summed E-state index contributed by atoms with van der Waals surface area (Å²) in [6.45, 7) is 8.21. The molecule has 0 aromatic heterocycles. The average Bonchev–Trinajstić information content (AvgIpc) is 2.16. The normalized spacial score (nSPS) is 13.2. The summed E-state index contributed by atoms with van der Waals surface area (Å²) >= 11 is 0. The summed E-state index contributed by atoms with van der Waals surface area (Å²) in [4.78, 5) is 0. The minimum atomic E-state index is -0.393. The zero-order valence-electron chi connectivity index (χ0n) is 10.6. The Morgan fingerprint density at radius 3 is 2.44 bits per heavy atom. The van der Waals surface area contributed by atoms with E-state index in [0.717, 1.165) is 17.7 Å². The molecule has 1 aromatic rings. The monoisotopic (exact) mass is 222 g/mol. The molecule has 1 atom stereocenters. The summed E-state index contributed by atoms with van der Waals surface area (Å²) < 4.78 is 5.60. The van der Waals surface area contributed by atoms with Gasteiger partial charge in [0.2, 0.25) is 0 Å². The van der Waals surface area contributed by atoms with E-state index in [-0.39, 0.29) is 6.10 Å². The van der Waals surface area contributed by atoms with Gasteiger partial charge in [0.15, 0.2) is 0 Å². The third-order valence-corrected chi connectivity index (χ3v) is 2.31. The van der Waals surface area contributed by atoms with Crippen LogP contribution in [-0.2, 0) is 0 Å². The van der Waals surface area contributed by atoms with Crippen LogP contribution in [0.25, 0.3) is 0 Å². The Morgan fingerprint density at radius 1 is 1.19 bits per heavy atom. The smallest absolute Gasteiger partial charge is 0.120 e. The SMILES string of the molecule is CC(C)CC(O)c1cccc(OC(C)C)c1. The minimum absolute atomic E-state index is 0.164. The second-order valence-corrected chi connectivity index (χ2v) is 4.88. The van der Waals surface area contributed by atoms with Gasteiger partial charge < -0.3 is 9.84 Å². The highest BCUT2D eigenvalue weighted by molar-refractivity contribution is 5.30. The number of rotatable bonds is 5. The Balaban J connectivity index is 2.73. The lowest BCUT2D eigenvalue weighted by molar-refractivity contribution is 0.150. The van der Waals surface area contributed by atoms with E-state index >= 15 is 0 Å². The van der Waals surface area contributed by atoms with Gasteiger partial charge in [-0.2, -0.15) is 0 Å². The Labute approximate surface area is 98.3 Å². The van der Waals surface area contributed by atoms with Crippen molar-refractivity contribution < 1.29 is 9.84 Å². The number of benzene rings is 1. The van der Waals surface area contributed by atoms with Gasteiger partial charge in [-0.1, -0.05) is 26.0 Å². The highest BCUT2D eigenvalue weighted by atomic mass is 16.5. The van der Waals surface area contributed by atoms with Crippen LogP contribution in [-0.4, -0.2) is 11.2 Å². The third-order valence-electron chi connectivity index (χ3n) is 2.31.